The molecule has 0 aliphatic carbocycles. The van der Waals surface area contributed by atoms with Crippen LogP contribution in [0.5, 0.6) is 5.75 Å². The molecule has 0 bridgehead atoms. The third-order valence-electron chi connectivity index (χ3n) is 2.36. The Morgan fingerprint density at radius 1 is 1.42 bits per heavy atom. The fraction of sp³-hybridized carbons (Fsp3) is 0.250. The summed E-state index contributed by atoms with van der Waals surface area (Å²) in [5, 5.41) is 11.0. The van der Waals surface area contributed by atoms with Crippen molar-refractivity contribution in [1.29, 1.82) is 0 Å². The molecule has 3 N–H and O–H groups in total. The monoisotopic (exact) mass is 261 g/mol. The van der Waals surface area contributed by atoms with Crippen LogP contribution in [0.2, 0.25) is 0 Å². The molecule has 2 rings (SSSR count). The van der Waals surface area contributed by atoms with E-state index < -0.39 is 5.91 Å². The normalized spacial score (nSPS) is 10.2. The molecule has 0 atom stereocenters. The summed E-state index contributed by atoms with van der Waals surface area (Å²) in [6.45, 7) is 0.474. The van der Waals surface area contributed by atoms with Crippen LogP contribution < -0.4 is 15.8 Å². The number of anilines is 1. The Kier molecular flexibility index (Phi) is 3.97. The topological polar surface area (TPSA) is 95.1 Å². The number of hydrogen-bond acceptors (Lipinski definition) is 5. The maximum absolute atomic E-state index is 10.6. The van der Waals surface area contributed by atoms with Crippen molar-refractivity contribution in [1.82, 2.24) is 15.0 Å². The van der Waals surface area contributed by atoms with E-state index in [2.05, 4.69) is 15.6 Å². The first-order chi connectivity index (χ1) is 9.13. The van der Waals surface area contributed by atoms with Crippen molar-refractivity contribution in [2.24, 2.45) is 12.8 Å². The molecule has 0 aliphatic rings. The molecule has 2 aromatic rings. The van der Waals surface area contributed by atoms with Gasteiger partial charge in [0.2, 0.25) is 0 Å². The summed E-state index contributed by atoms with van der Waals surface area (Å²) in [5.74, 6) is 0.105. The van der Waals surface area contributed by atoms with Crippen molar-refractivity contribution < 1.29 is 9.53 Å². The second-order valence-electron chi connectivity index (χ2n) is 4.02. The number of carbonyl (C=O) groups is 1. The zero-order chi connectivity index (χ0) is 13.7. The number of hydrogen-bond donors (Lipinski definition) is 2. The van der Waals surface area contributed by atoms with Gasteiger partial charge < -0.3 is 15.8 Å². The minimum Gasteiger partial charge on any atom is -0.484 e. The fourth-order valence-corrected chi connectivity index (χ4v) is 1.49. The van der Waals surface area contributed by atoms with Crippen LogP contribution in [0.15, 0.2) is 30.5 Å². The van der Waals surface area contributed by atoms with Gasteiger partial charge in [-0.25, -0.2) is 0 Å². The molecule has 1 heterocycles. The first-order valence-electron chi connectivity index (χ1n) is 5.74. The fourth-order valence-electron chi connectivity index (χ4n) is 1.49. The van der Waals surface area contributed by atoms with Gasteiger partial charge in [0, 0.05) is 18.9 Å². The number of amides is 1. The average molecular weight is 261 g/mol. The second-order valence-corrected chi connectivity index (χ2v) is 4.02. The van der Waals surface area contributed by atoms with Gasteiger partial charge in [-0.15, -0.1) is 5.10 Å². The maximum Gasteiger partial charge on any atom is 0.255 e. The van der Waals surface area contributed by atoms with Gasteiger partial charge in [0.15, 0.2) is 6.61 Å². The third kappa shape index (κ3) is 3.98. The Labute approximate surface area is 110 Å². The largest absolute Gasteiger partial charge is 0.484 e. The standard InChI is InChI=1S/C12H15N5O2/c1-17-7-10(15-16-17)6-14-9-2-4-11(5-3-9)19-8-12(13)18/h2-5,7,14H,6,8H2,1H3,(H2,13,18). The van der Waals surface area contributed by atoms with Gasteiger partial charge in [-0.1, -0.05) is 5.21 Å². The van der Waals surface area contributed by atoms with E-state index in [-0.39, 0.29) is 6.61 Å². The first-order valence-corrected chi connectivity index (χ1v) is 5.74. The zero-order valence-corrected chi connectivity index (χ0v) is 10.5. The summed E-state index contributed by atoms with van der Waals surface area (Å²) in [4.78, 5) is 10.6. The number of nitrogens with two attached hydrogens (primary N) is 1. The van der Waals surface area contributed by atoms with Crippen molar-refractivity contribution in [2.45, 2.75) is 6.54 Å². The molecule has 1 aromatic heterocycles. The number of primary amides is 1. The molecule has 0 spiro atoms. The van der Waals surface area contributed by atoms with Crippen molar-refractivity contribution >= 4 is 11.6 Å². The van der Waals surface area contributed by atoms with Gasteiger partial charge in [0.05, 0.1) is 6.54 Å². The molecular weight excluding hydrogens is 246 g/mol. The lowest BCUT2D eigenvalue weighted by atomic mass is 10.3. The van der Waals surface area contributed by atoms with Crippen LogP contribution in [0, 0.1) is 0 Å². The van der Waals surface area contributed by atoms with Crippen LogP contribution in [0.4, 0.5) is 5.69 Å². The number of aryl methyl sites for hydroxylation is 1. The van der Waals surface area contributed by atoms with E-state index in [1.54, 1.807) is 16.8 Å². The zero-order valence-electron chi connectivity index (χ0n) is 10.5. The van der Waals surface area contributed by atoms with Crippen LogP contribution in [0.1, 0.15) is 5.69 Å². The van der Waals surface area contributed by atoms with Crippen LogP contribution in [-0.4, -0.2) is 27.5 Å². The van der Waals surface area contributed by atoms with E-state index in [0.29, 0.717) is 12.3 Å². The molecule has 100 valence electrons. The highest BCUT2D eigenvalue weighted by Crippen LogP contribution is 2.16. The molecule has 1 aromatic carbocycles. The number of aromatic nitrogens is 3. The SMILES string of the molecule is Cn1cc(CNc2ccc(OCC(N)=O)cc2)nn1. The van der Waals surface area contributed by atoms with Crippen LogP contribution in [-0.2, 0) is 18.4 Å². The van der Waals surface area contributed by atoms with E-state index in [1.807, 2.05) is 25.4 Å². The van der Waals surface area contributed by atoms with Crippen molar-refractivity contribution in [2.75, 3.05) is 11.9 Å². The lowest BCUT2D eigenvalue weighted by Crippen LogP contribution is -2.19. The molecular formula is C12H15N5O2. The summed E-state index contributed by atoms with van der Waals surface area (Å²) in [6, 6.07) is 7.24. The summed E-state index contributed by atoms with van der Waals surface area (Å²) in [6.07, 6.45) is 1.84. The number of nitrogens with zero attached hydrogens (tertiary/aromatic N) is 3. The lowest BCUT2D eigenvalue weighted by molar-refractivity contribution is -0.119. The Morgan fingerprint density at radius 3 is 2.74 bits per heavy atom. The van der Waals surface area contributed by atoms with E-state index in [9.17, 15) is 4.79 Å². The van der Waals surface area contributed by atoms with Gasteiger partial charge in [-0.3, -0.25) is 9.48 Å². The highest BCUT2D eigenvalue weighted by molar-refractivity contribution is 5.75. The molecule has 7 heteroatoms. The Bertz CT molecular complexity index is 550. The van der Waals surface area contributed by atoms with Crippen molar-refractivity contribution in [3.63, 3.8) is 0 Å². The quantitative estimate of drug-likeness (QED) is 0.779. The molecule has 0 unspecified atom stereocenters. The van der Waals surface area contributed by atoms with Gasteiger partial charge in [0.1, 0.15) is 11.4 Å². The van der Waals surface area contributed by atoms with Crippen LogP contribution >= 0.6 is 0 Å². The highest BCUT2D eigenvalue weighted by Gasteiger charge is 2.00. The second kappa shape index (κ2) is 5.85. The molecule has 19 heavy (non-hydrogen) atoms. The van der Waals surface area contributed by atoms with Crippen LogP contribution in [0.3, 0.4) is 0 Å². The summed E-state index contributed by atoms with van der Waals surface area (Å²) < 4.78 is 6.81. The molecule has 0 fully saturated rings. The maximum atomic E-state index is 10.6. The molecule has 0 saturated carbocycles. The summed E-state index contributed by atoms with van der Waals surface area (Å²) in [5.41, 5.74) is 6.78. The van der Waals surface area contributed by atoms with E-state index in [1.165, 1.54) is 0 Å². The Balaban J connectivity index is 1.86. The number of benzene rings is 1. The highest BCUT2D eigenvalue weighted by atomic mass is 16.5. The Morgan fingerprint density at radius 2 is 2.16 bits per heavy atom. The molecule has 1 amide bonds. The number of nitrogens with one attached hydrogen (secondary N) is 1. The minimum atomic E-state index is -0.496. The summed E-state index contributed by atoms with van der Waals surface area (Å²) in [7, 11) is 1.82. The van der Waals surface area contributed by atoms with E-state index in [0.717, 1.165) is 11.4 Å². The Hall–Kier alpha value is -2.57. The van der Waals surface area contributed by atoms with Gasteiger partial charge >= 0.3 is 0 Å². The summed E-state index contributed by atoms with van der Waals surface area (Å²) >= 11 is 0. The predicted molar refractivity (Wildman–Crippen MR) is 69.5 cm³/mol. The molecule has 0 saturated heterocycles. The molecule has 7 nitrogen and oxygen atoms in total. The predicted octanol–water partition coefficient (Wildman–Crippen LogP) is 0.291. The lowest BCUT2D eigenvalue weighted by Gasteiger charge is -2.06. The van der Waals surface area contributed by atoms with Crippen molar-refractivity contribution in [3.05, 3.63) is 36.2 Å². The smallest absolute Gasteiger partial charge is 0.255 e. The van der Waals surface area contributed by atoms with Gasteiger partial charge in [-0.05, 0) is 24.3 Å². The third-order valence-corrected chi connectivity index (χ3v) is 2.36. The van der Waals surface area contributed by atoms with E-state index in [4.69, 9.17) is 10.5 Å². The number of ether oxygens (including phenoxy) is 1. The first kappa shape index (κ1) is 12.9. The van der Waals surface area contributed by atoms with Crippen molar-refractivity contribution in [3.8, 4) is 5.75 Å². The average Bonchev–Trinajstić information content (AvgIpc) is 2.81. The van der Waals surface area contributed by atoms with Gasteiger partial charge in [-0.2, -0.15) is 0 Å². The van der Waals surface area contributed by atoms with Gasteiger partial charge in [0.25, 0.3) is 5.91 Å². The molecule has 0 aliphatic heterocycles. The minimum absolute atomic E-state index is 0.119. The number of carbonyl (C=O) groups excluding carboxylic acids is 1. The molecule has 0 radical (unpaired) electrons. The van der Waals surface area contributed by atoms with E-state index >= 15 is 0 Å². The van der Waals surface area contributed by atoms with Crippen LogP contribution in [0.25, 0.3) is 0 Å². The number of rotatable bonds is 6.